The van der Waals surface area contributed by atoms with E-state index in [1.165, 1.54) is 24.1 Å². The Morgan fingerprint density at radius 3 is 2.71 bits per heavy atom. The van der Waals surface area contributed by atoms with E-state index in [1.54, 1.807) is 0 Å². The fourth-order valence-corrected chi connectivity index (χ4v) is 4.35. The molecule has 6 nitrogen and oxygen atoms in total. The summed E-state index contributed by atoms with van der Waals surface area (Å²) in [7, 11) is 1.88. The lowest BCUT2D eigenvalue weighted by atomic mass is 10.1. The molecule has 1 aromatic carbocycles. The molecule has 176 valence electrons. The molecule has 2 aliphatic heterocycles. The number of nitrogens with zero attached hydrogens (tertiary/aromatic N) is 3. The highest BCUT2D eigenvalue weighted by Gasteiger charge is 2.23. The van der Waals surface area contributed by atoms with E-state index < -0.39 is 0 Å². The maximum atomic E-state index is 6.15. The van der Waals surface area contributed by atoms with Gasteiger partial charge in [0.1, 0.15) is 0 Å². The third kappa shape index (κ3) is 8.42. The number of ether oxygens (including phenoxy) is 2. The minimum Gasteiger partial charge on any atom is -0.376 e. The second-order valence-electron chi connectivity index (χ2n) is 8.40. The molecule has 2 aliphatic rings. The van der Waals surface area contributed by atoms with Gasteiger partial charge in [0, 0.05) is 52.1 Å². The Kier molecular flexibility index (Phi) is 12.0. The molecule has 1 unspecified atom stereocenters. The second kappa shape index (κ2) is 14.2. The van der Waals surface area contributed by atoms with E-state index >= 15 is 0 Å². The Labute approximate surface area is 205 Å². The maximum absolute atomic E-state index is 6.15. The van der Waals surface area contributed by atoms with E-state index in [4.69, 9.17) is 9.47 Å². The first-order valence-electron chi connectivity index (χ1n) is 11.7. The highest BCUT2D eigenvalue weighted by molar-refractivity contribution is 14.0. The molecule has 0 aromatic heterocycles. The highest BCUT2D eigenvalue weighted by Crippen LogP contribution is 2.18. The summed E-state index contributed by atoms with van der Waals surface area (Å²) in [5.41, 5.74) is 2.59. The van der Waals surface area contributed by atoms with Gasteiger partial charge < -0.3 is 24.6 Å². The normalized spacial score (nSPS) is 20.3. The summed E-state index contributed by atoms with van der Waals surface area (Å²) in [5, 5.41) is 3.56. The Balaban J connectivity index is 0.00000341. The van der Waals surface area contributed by atoms with Crippen molar-refractivity contribution in [2.24, 2.45) is 4.99 Å². The Morgan fingerprint density at radius 2 is 2.06 bits per heavy atom. The number of guanidine groups is 1. The fourth-order valence-electron chi connectivity index (χ4n) is 4.35. The minimum atomic E-state index is 0. The molecule has 31 heavy (non-hydrogen) atoms. The molecular formula is C24H41IN4O2. The lowest BCUT2D eigenvalue weighted by molar-refractivity contribution is -0.0721. The van der Waals surface area contributed by atoms with Crippen LogP contribution in [0.5, 0.6) is 0 Å². The number of anilines is 1. The average molecular weight is 545 g/mol. The zero-order valence-corrected chi connectivity index (χ0v) is 21.8. The molecule has 0 amide bonds. The van der Waals surface area contributed by atoms with Crippen molar-refractivity contribution in [2.75, 3.05) is 57.9 Å². The van der Waals surface area contributed by atoms with E-state index in [2.05, 4.69) is 58.2 Å². The number of halogens is 1. The first kappa shape index (κ1) is 26.2. The van der Waals surface area contributed by atoms with Gasteiger partial charge in [-0.25, -0.2) is 0 Å². The molecule has 0 aliphatic carbocycles. The van der Waals surface area contributed by atoms with Crippen LogP contribution in [0.4, 0.5) is 5.69 Å². The van der Waals surface area contributed by atoms with Crippen molar-refractivity contribution in [2.45, 2.75) is 58.2 Å². The SMILES string of the molecule is CCN(CCNC(=NC)N1CCC(OCC2CCCCO2)CC1)c1cccc(C)c1.I. The number of benzene rings is 1. The van der Waals surface area contributed by atoms with Crippen LogP contribution in [0.1, 0.15) is 44.6 Å². The summed E-state index contributed by atoms with van der Waals surface area (Å²) in [5.74, 6) is 1.00. The van der Waals surface area contributed by atoms with Crippen LogP contribution in [0.2, 0.25) is 0 Å². The molecule has 7 heteroatoms. The zero-order valence-electron chi connectivity index (χ0n) is 19.5. The van der Waals surface area contributed by atoms with Crippen molar-refractivity contribution in [3.63, 3.8) is 0 Å². The summed E-state index contributed by atoms with van der Waals surface area (Å²) in [6.07, 6.45) is 6.38. The van der Waals surface area contributed by atoms with Gasteiger partial charge in [-0.1, -0.05) is 12.1 Å². The number of hydrogen-bond donors (Lipinski definition) is 1. The van der Waals surface area contributed by atoms with E-state index in [0.29, 0.717) is 12.2 Å². The van der Waals surface area contributed by atoms with Crippen LogP contribution >= 0.6 is 24.0 Å². The van der Waals surface area contributed by atoms with Crippen LogP contribution in [0.3, 0.4) is 0 Å². The molecular weight excluding hydrogens is 503 g/mol. The van der Waals surface area contributed by atoms with Gasteiger partial charge in [-0.05, 0) is 63.6 Å². The number of hydrogen-bond acceptors (Lipinski definition) is 4. The fraction of sp³-hybridized carbons (Fsp3) is 0.708. The third-order valence-electron chi connectivity index (χ3n) is 6.16. The standard InChI is InChI=1S/C24H40N4O2.HI/c1-4-27(21-9-7-8-20(2)18-21)16-13-26-24(25-3)28-14-11-22(12-15-28)30-19-23-10-5-6-17-29-23;/h7-9,18,22-23H,4-6,10-17,19H2,1-3H3,(H,25,26);1H. The van der Waals surface area contributed by atoms with Crippen molar-refractivity contribution in [1.82, 2.24) is 10.2 Å². The number of aliphatic imine (C=N–C) groups is 1. The Hall–Kier alpha value is -1.06. The minimum absolute atomic E-state index is 0. The second-order valence-corrected chi connectivity index (χ2v) is 8.40. The summed E-state index contributed by atoms with van der Waals surface area (Å²) >= 11 is 0. The predicted octanol–water partition coefficient (Wildman–Crippen LogP) is 4.06. The third-order valence-corrected chi connectivity index (χ3v) is 6.16. The van der Waals surface area contributed by atoms with E-state index in [0.717, 1.165) is 71.2 Å². The summed E-state index contributed by atoms with van der Waals surface area (Å²) < 4.78 is 11.9. The van der Waals surface area contributed by atoms with Crippen molar-refractivity contribution in [1.29, 1.82) is 0 Å². The lowest BCUT2D eigenvalue weighted by Crippen LogP contribution is -2.48. The van der Waals surface area contributed by atoms with Gasteiger partial charge in [0.05, 0.1) is 18.8 Å². The van der Waals surface area contributed by atoms with E-state index in [1.807, 2.05) is 7.05 Å². The molecule has 0 bridgehead atoms. The molecule has 1 aromatic rings. The summed E-state index contributed by atoms with van der Waals surface area (Å²) in [6.45, 7) is 10.8. The number of aryl methyl sites for hydroxylation is 1. The molecule has 0 radical (unpaired) electrons. The van der Waals surface area contributed by atoms with Gasteiger partial charge in [0.25, 0.3) is 0 Å². The van der Waals surface area contributed by atoms with Gasteiger partial charge in [-0.2, -0.15) is 0 Å². The van der Waals surface area contributed by atoms with Crippen molar-refractivity contribution >= 4 is 35.6 Å². The Morgan fingerprint density at radius 1 is 1.26 bits per heavy atom. The van der Waals surface area contributed by atoms with Crippen LogP contribution in [-0.4, -0.2) is 76.1 Å². The van der Waals surface area contributed by atoms with Gasteiger partial charge >= 0.3 is 0 Å². The maximum Gasteiger partial charge on any atom is 0.193 e. The molecule has 1 N–H and O–H groups in total. The van der Waals surface area contributed by atoms with Crippen LogP contribution in [-0.2, 0) is 9.47 Å². The number of nitrogens with one attached hydrogen (secondary N) is 1. The van der Waals surface area contributed by atoms with Crippen LogP contribution in [0, 0.1) is 6.92 Å². The molecule has 2 heterocycles. The number of likely N-dealkylation sites (tertiary alicyclic amines) is 1. The van der Waals surface area contributed by atoms with Crippen molar-refractivity contribution < 1.29 is 9.47 Å². The van der Waals surface area contributed by atoms with E-state index in [9.17, 15) is 0 Å². The monoisotopic (exact) mass is 544 g/mol. The zero-order chi connectivity index (χ0) is 21.2. The van der Waals surface area contributed by atoms with Crippen LogP contribution in [0.15, 0.2) is 29.3 Å². The topological polar surface area (TPSA) is 49.3 Å². The number of likely N-dealkylation sites (N-methyl/N-ethyl adjacent to an activating group) is 1. The van der Waals surface area contributed by atoms with Crippen molar-refractivity contribution in [3.8, 4) is 0 Å². The summed E-state index contributed by atoms with van der Waals surface area (Å²) in [6, 6.07) is 8.72. The first-order valence-corrected chi connectivity index (χ1v) is 11.7. The van der Waals surface area contributed by atoms with Crippen molar-refractivity contribution in [3.05, 3.63) is 29.8 Å². The van der Waals surface area contributed by atoms with E-state index in [-0.39, 0.29) is 24.0 Å². The first-order chi connectivity index (χ1) is 14.7. The molecule has 2 saturated heterocycles. The average Bonchev–Trinajstić information content (AvgIpc) is 2.79. The van der Waals surface area contributed by atoms with Crippen LogP contribution in [0.25, 0.3) is 0 Å². The quantitative estimate of drug-likeness (QED) is 0.304. The largest absolute Gasteiger partial charge is 0.376 e. The van der Waals surface area contributed by atoms with Crippen LogP contribution < -0.4 is 10.2 Å². The number of rotatable bonds is 8. The molecule has 1 atom stereocenters. The number of piperidine rings is 1. The molecule has 0 spiro atoms. The molecule has 0 saturated carbocycles. The van der Waals surface area contributed by atoms with Gasteiger partial charge in [-0.15, -0.1) is 24.0 Å². The van der Waals surface area contributed by atoms with Gasteiger partial charge in [0.2, 0.25) is 0 Å². The lowest BCUT2D eigenvalue weighted by Gasteiger charge is -2.35. The van der Waals surface area contributed by atoms with Gasteiger partial charge in [-0.3, -0.25) is 4.99 Å². The molecule has 3 rings (SSSR count). The Bertz CT molecular complexity index is 659. The van der Waals surface area contributed by atoms with Gasteiger partial charge in [0.15, 0.2) is 5.96 Å². The predicted molar refractivity (Wildman–Crippen MR) is 140 cm³/mol. The highest BCUT2D eigenvalue weighted by atomic mass is 127. The smallest absolute Gasteiger partial charge is 0.193 e. The molecule has 2 fully saturated rings. The summed E-state index contributed by atoms with van der Waals surface area (Å²) in [4.78, 5) is 9.28.